The normalized spacial score (nSPS) is 11.8. The highest BCUT2D eigenvalue weighted by Gasteiger charge is 2.19. The Hall–Kier alpha value is -2.70. The molecule has 0 spiro atoms. The average Bonchev–Trinajstić information content (AvgIpc) is 2.78. The molecule has 0 aliphatic carbocycles. The van der Waals surface area contributed by atoms with E-state index in [4.69, 9.17) is 0 Å². The molecule has 1 aromatic carbocycles. The van der Waals surface area contributed by atoms with Gasteiger partial charge in [0, 0.05) is 42.8 Å². The molecule has 1 unspecified atom stereocenters. The molecule has 3 rings (SSSR count). The fourth-order valence-corrected chi connectivity index (χ4v) is 3.45. The summed E-state index contributed by atoms with van der Waals surface area (Å²) in [6, 6.07) is 15.7. The molecule has 0 saturated heterocycles. The number of rotatable bonds is 10. The van der Waals surface area contributed by atoms with E-state index in [1.807, 2.05) is 48.9 Å². The average molecular weight is 407 g/mol. The molecule has 0 fully saturated rings. The van der Waals surface area contributed by atoms with E-state index in [-0.39, 0.29) is 11.9 Å². The Morgan fingerprint density at radius 2 is 1.69 bits per heavy atom. The lowest BCUT2D eigenvalue weighted by Gasteiger charge is -2.19. The fourth-order valence-electron chi connectivity index (χ4n) is 3.05. The van der Waals surface area contributed by atoms with Gasteiger partial charge in [-0.25, -0.2) is 0 Å². The number of thioether (sulfide) groups is 1. The first-order valence-electron chi connectivity index (χ1n) is 9.69. The third kappa shape index (κ3) is 6.69. The lowest BCUT2D eigenvalue weighted by Crippen LogP contribution is -2.39. The molecule has 0 aliphatic rings. The largest absolute Gasteiger partial charge is 0.354 e. The van der Waals surface area contributed by atoms with Gasteiger partial charge in [0.25, 0.3) is 0 Å². The van der Waals surface area contributed by atoms with Crippen LogP contribution in [0.1, 0.15) is 22.7 Å². The van der Waals surface area contributed by atoms with Crippen molar-refractivity contribution in [1.29, 1.82) is 0 Å². The number of pyridine rings is 2. The molecule has 6 heteroatoms. The van der Waals surface area contributed by atoms with Crippen molar-refractivity contribution in [1.82, 2.24) is 20.6 Å². The number of nitrogens with zero attached hydrogens (tertiary/aromatic N) is 2. The molecule has 2 N–H and O–H groups in total. The summed E-state index contributed by atoms with van der Waals surface area (Å²) < 4.78 is 0. The summed E-state index contributed by atoms with van der Waals surface area (Å²) in [6.07, 6.45) is 10.8. The molecule has 1 amide bonds. The SMILES string of the molecule is CSc1ccc(C(NCCc2ccncc2)C(=O)NCCc2cccnc2)cc1. The number of hydrogen-bond acceptors (Lipinski definition) is 5. The Morgan fingerprint density at radius 3 is 2.38 bits per heavy atom. The molecule has 2 heterocycles. The summed E-state index contributed by atoms with van der Waals surface area (Å²) >= 11 is 1.69. The van der Waals surface area contributed by atoms with Crippen LogP contribution in [0.3, 0.4) is 0 Å². The number of aromatic nitrogens is 2. The van der Waals surface area contributed by atoms with Crippen molar-refractivity contribution in [2.75, 3.05) is 19.3 Å². The number of benzene rings is 1. The topological polar surface area (TPSA) is 66.9 Å². The maximum atomic E-state index is 12.9. The van der Waals surface area contributed by atoms with Gasteiger partial charge in [-0.15, -0.1) is 11.8 Å². The smallest absolute Gasteiger partial charge is 0.241 e. The second kappa shape index (κ2) is 11.3. The van der Waals surface area contributed by atoms with Crippen molar-refractivity contribution in [2.24, 2.45) is 0 Å². The fraction of sp³-hybridized carbons (Fsp3) is 0.261. The minimum absolute atomic E-state index is 0.0134. The van der Waals surface area contributed by atoms with Gasteiger partial charge in [-0.05, 0) is 66.1 Å². The standard InChI is InChI=1S/C23H26N4OS/c1-29-21-6-4-20(5-7-21)22(26-15-10-18-8-13-24-14-9-18)23(28)27-16-11-19-3-2-12-25-17-19/h2-9,12-14,17,22,26H,10-11,15-16H2,1H3,(H,27,28). The summed E-state index contributed by atoms with van der Waals surface area (Å²) in [5.74, 6) is -0.0134. The van der Waals surface area contributed by atoms with Gasteiger partial charge < -0.3 is 10.6 Å². The number of nitrogens with one attached hydrogen (secondary N) is 2. The van der Waals surface area contributed by atoms with Gasteiger partial charge >= 0.3 is 0 Å². The zero-order valence-electron chi connectivity index (χ0n) is 16.5. The minimum Gasteiger partial charge on any atom is -0.354 e. The zero-order valence-corrected chi connectivity index (χ0v) is 17.4. The third-order valence-electron chi connectivity index (χ3n) is 4.66. The summed E-state index contributed by atoms with van der Waals surface area (Å²) in [5, 5.41) is 6.48. The van der Waals surface area contributed by atoms with Crippen molar-refractivity contribution in [3.8, 4) is 0 Å². The maximum Gasteiger partial charge on any atom is 0.241 e. The Labute approximate surface area is 176 Å². The summed E-state index contributed by atoms with van der Waals surface area (Å²) in [7, 11) is 0. The van der Waals surface area contributed by atoms with Crippen LogP contribution in [0.4, 0.5) is 0 Å². The van der Waals surface area contributed by atoms with Crippen molar-refractivity contribution in [3.63, 3.8) is 0 Å². The van der Waals surface area contributed by atoms with E-state index in [0.29, 0.717) is 13.1 Å². The van der Waals surface area contributed by atoms with Crippen LogP contribution in [-0.2, 0) is 17.6 Å². The van der Waals surface area contributed by atoms with E-state index in [9.17, 15) is 4.79 Å². The zero-order chi connectivity index (χ0) is 20.3. The Balaban J connectivity index is 1.61. The Morgan fingerprint density at radius 1 is 0.931 bits per heavy atom. The van der Waals surface area contributed by atoms with Gasteiger partial charge in [0.05, 0.1) is 0 Å². The quantitative estimate of drug-likeness (QED) is 0.505. The summed E-state index contributed by atoms with van der Waals surface area (Å²) in [5.41, 5.74) is 3.27. The molecular weight excluding hydrogens is 380 g/mol. The van der Waals surface area contributed by atoms with Crippen LogP contribution >= 0.6 is 11.8 Å². The van der Waals surface area contributed by atoms with Crippen molar-refractivity contribution < 1.29 is 4.79 Å². The molecule has 2 aromatic heterocycles. The number of amides is 1. The van der Waals surface area contributed by atoms with Gasteiger partial charge in [-0.2, -0.15) is 0 Å². The predicted octanol–water partition coefficient (Wildman–Crippen LogP) is 3.43. The van der Waals surface area contributed by atoms with Crippen molar-refractivity contribution >= 4 is 17.7 Å². The molecule has 0 bridgehead atoms. The lowest BCUT2D eigenvalue weighted by molar-refractivity contribution is -0.123. The highest BCUT2D eigenvalue weighted by Crippen LogP contribution is 2.19. The molecule has 29 heavy (non-hydrogen) atoms. The molecule has 0 aliphatic heterocycles. The van der Waals surface area contributed by atoms with Crippen LogP contribution in [0.15, 0.2) is 78.2 Å². The highest BCUT2D eigenvalue weighted by atomic mass is 32.2. The monoisotopic (exact) mass is 406 g/mol. The Bertz CT molecular complexity index is 872. The maximum absolute atomic E-state index is 12.9. The second-order valence-electron chi connectivity index (χ2n) is 6.67. The van der Waals surface area contributed by atoms with Crippen LogP contribution in [-0.4, -0.2) is 35.2 Å². The van der Waals surface area contributed by atoms with Crippen molar-refractivity contribution in [3.05, 3.63) is 90.0 Å². The van der Waals surface area contributed by atoms with Crippen LogP contribution < -0.4 is 10.6 Å². The third-order valence-corrected chi connectivity index (χ3v) is 5.40. The van der Waals surface area contributed by atoms with Crippen molar-refractivity contribution in [2.45, 2.75) is 23.8 Å². The lowest BCUT2D eigenvalue weighted by atomic mass is 10.1. The van der Waals surface area contributed by atoms with Crippen LogP contribution in [0.25, 0.3) is 0 Å². The van der Waals surface area contributed by atoms with E-state index in [0.717, 1.165) is 24.0 Å². The molecule has 1 atom stereocenters. The van der Waals surface area contributed by atoms with E-state index in [1.54, 1.807) is 30.4 Å². The molecule has 0 radical (unpaired) electrons. The molecular formula is C23H26N4OS. The van der Waals surface area contributed by atoms with Crippen LogP contribution in [0.5, 0.6) is 0 Å². The molecule has 3 aromatic rings. The van der Waals surface area contributed by atoms with E-state index in [2.05, 4.69) is 32.7 Å². The Kier molecular flexibility index (Phi) is 8.22. The van der Waals surface area contributed by atoms with Gasteiger partial charge in [-0.3, -0.25) is 14.8 Å². The highest BCUT2D eigenvalue weighted by molar-refractivity contribution is 7.98. The van der Waals surface area contributed by atoms with E-state index in [1.165, 1.54) is 10.5 Å². The number of carbonyl (C=O) groups is 1. The first-order valence-corrected chi connectivity index (χ1v) is 10.9. The summed E-state index contributed by atoms with van der Waals surface area (Å²) in [6.45, 7) is 1.28. The van der Waals surface area contributed by atoms with Gasteiger partial charge in [0.1, 0.15) is 6.04 Å². The predicted molar refractivity (Wildman–Crippen MR) is 118 cm³/mol. The van der Waals surface area contributed by atoms with Crippen LogP contribution in [0.2, 0.25) is 0 Å². The second-order valence-corrected chi connectivity index (χ2v) is 7.55. The van der Waals surface area contributed by atoms with E-state index < -0.39 is 0 Å². The first kappa shape index (κ1) is 21.0. The number of carbonyl (C=O) groups excluding carboxylic acids is 1. The molecule has 5 nitrogen and oxygen atoms in total. The summed E-state index contributed by atoms with van der Waals surface area (Å²) in [4.78, 5) is 22.3. The van der Waals surface area contributed by atoms with Gasteiger partial charge in [0.2, 0.25) is 5.91 Å². The molecule has 150 valence electrons. The molecule has 0 saturated carbocycles. The number of hydrogen-bond donors (Lipinski definition) is 2. The van der Waals surface area contributed by atoms with Gasteiger partial charge in [0.15, 0.2) is 0 Å². The minimum atomic E-state index is -0.387. The van der Waals surface area contributed by atoms with E-state index >= 15 is 0 Å². The first-order chi connectivity index (χ1) is 14.3. The van der Waals surface area contributed by atoms with Crippen LogP contribution in [0, 0.1) is 0 Å². The van der Waals surface area contributed by atoms with Gasteiger partial charge in [-0.1, -0.05) is 18.2 Å².